The predicted molar refractivity (Wildman–Crippen MR) is 104 cm³/mol. The number of nitrogens with zero attached hydrogens (tertiary/aromatic N) is 2. The molecule has 0 saturated carbocycles. The van der Waals surface area contributed by atoms with Crippen molar-refractivity contribution in [3.8, 4) is 11.8 Å². The number of ether oxygens (including phenoxy) is 2. The Morgan fingerprint density at radius 2 is 1.87 bits per heavy atom. The average molecular weight is 416 g/mol. The summed E-state index contributed by atoms with van der Waals surface area (Å²) in [5, 5.41) is 9.38. The number of allylic oxidation sites excluding steroid dienone is 1. The molecule has 0 spiro atoms. The highest BCUT2D eigenvalue weighted by Crippen LogP contribution is 2.31. The second kappa shape index (κ2) is 9.46. The molecule has 156 valence electrons. The number of hydrogen-bond donors (Lipinski definition) is 0. The van der Waals surface area contributed by atoms with Gasteiger partial charge in [0.1, 0.15) is 5.75 Å². The number of halogens is 3. The summed E-state index contributed by atoms with van der Waals surface area (Å²) >= 11 is 0. The van der Waals surface area contributed by atoms with E-state index in [0.29, 0.717) is 37.6 Å². The molecule has 30 heavy (non-hydrogen) atoms. The second-order valence-corrected chi connectivity index (χ2v) is 6.60. The summed E-state index contributed by atoms with van der Waals surface area (Å²) in [5.41, 5.74) is 0.103. The van der Waals surface area contributed by atoms with Gasteiger partial charge >= 0.3 is 6.18 Å². The zero-order chi connectivity index (χ0) is 21.6. The molecule has 0 aliphatic carbocycles. The van der Waals surface area contributed by atoms with Gasteiger partial charge in [0.05, 0.1) is 30.4 Å². The summed E-state index contributed by atoms with van der Waals surface area (Å²) in [6.07, 6.45) is -2.98. The van der Waals surface area contributed by atoms with Crippen LogP contribution < -0.4 is 4.74 Å². The highest BCUT2D eigenvalue weighted by molar-refractivity contribution is 5.89. The van der Waals surface area contributed by atoms with E-state index in [-0.39, 0.29) is 23.7 Å². The minimum Gasteiger partial charge on any atom is -0.484 e. The average Bonchev–Trinajstić information content (AvgIpc) is 2.76. The molecule has 2 aromatic carbocycles. The van der Waals surface area contributed by atoms with Crippen LogP contribution in [-0.4, -0.2) is 43.7 Å². The molecule has 1 fully saturated rings. The van der Waals surface area contributed by atoms with E-state index < -0.39 is 11.7 Å². The number of morpholine rings is 1. The normalized spacial score (nSPS) is 14.9. The van der Waals surface area contributed by atoms with Crippen LogP contribution in [0.4, 0.5) is 13.2 Å². The van der Waals surface area contributed by atoms with E-state index in [1.54, 1.807) is 29.2 Å². The number of hydrogen-bond acceptors (Lipinski definition) is 4. The lowest BCUT2D eigenvalue weighted by molar-refractivity contribution is -0.138. The maximum atomic E-state index is 12.9. The van der Waals surface area contributed by atoms with Crippen molar-refractivity contribution in [3.63, 3.8) is 0 Å². The van der Waals surface area contributed by atoms with Gasteiger partial charge in [-0.15, -0.1) is 0 Å². The van der Waals surface area contributed by atoms with Crippen molar-refractivity contribution in [1.29, 1.82) is 5.26 Å². The minimum absolute atomic E-state index is 0.0944. The second-order valence-electron chi connectivity index (χ2n) is 6.60. The predicted octanol–water partition coefficient (Wildman–Crippen LogP) is 4.01. The van der Waals surface area contributed by atoms with Crippen molar-refractivity contribution in [2.45, 2.75) is 6.18 Å². The molecule has 3 rings (SSSR count). The number of nitriles is 1. The van der Waals surface area contributed by atoms with E-state index >= 15 is 0 Å². The monoisotopic (exact) mass is 416 g/mol. The number of carbonyl (C=O) groups excluding carboxylic acids is 1. The molecule has 1 amide bonds. The number of amides is 1. The molecule has 2 aromatic rings. The maximum Gasteiger partial charge on any atom is 0.416 e. The van der Waals surface area contributed by atoms with Crippen molar-refractivity contribution in [3.05, 3.63) is 65.2 Å². The summed E-state index contributed by atoms with van der Waals surface area (Å²) < 4.78 is 49.4. The van der Waals surface area contributed by atoms with Gasteiger partial charge in [0, 0.05) is 13.1 Å². The van der Waals surface area contributed by atoms with Gasteiger partial charge in [-0.05, 0) is 41.5 Å². The zero-order valence-electron chi connectivity index (χ0n) is 16.0. The molecule has 0 aromatic heterocycles. The molecule has 1 aliphatic rings. The van der Waals surface area contributed by atoms with Crippen LogP contribution in [0.5, 0.6) is 5.75 Å². The highest BCUT2D eigenvalue weighted by atomic mass is 19.4. The molecule has 0 N–H and O–H groups in total. The Labute approximate surface area is 171 Å². The summed E-state index contributed by atoms with van der Waals surface area (Å²) in [7, 11) is 0. The molecule has 5 nitrogen and oxygen atoms in total. The standard InChI is InChI=1S/C22H19F3N2O3/c23-22(24,25)19-3-1-2-17(13-19)18(14-26)12-16-4-6-20(7-5-16)30-15-21(28)27-8-10-29-11-9-27/h1-7,12-13H,8-11,15H2/b18-12-. The van der Waals surface area contributed by atoms with Gasteiger partial charge in [-0.25, -0.2) is 0 Å². The number of alkyl halides is 3. The zero-order valence-corrected chi connectivity index (χ0v) is 16.0. The third kappa shape index (κ3) is 5.61. The Balaban J connectivity index is 1.67. The Morgan fingerprint density at radius 1 is 1.17 bits per heavy atom. The van der Waals surface area contributed by atoms with Crippen LogP contribution in [0.3, 0.4) is 0 Å². The lowest BCUT2D eigenvalue weighted by Gasteiger charge is -2.26. The summed E-state index contributed by atoms with van der Waals surface area (Å²) in [5.74, 6) is 0.352. The first-order chi connectivity index (χ1) is 14.4. The van der Waals surface area contributed by atoms with E-state index in [1.165, 1.54) is 18.2 Å². The fourth-order valence-electron chi connectivity index (χ4n) is 2.92. The molecule has 1 saturated heterocycles. The van der Waals surface area contributed by atoms with Gasteiger partial charge < -0.3 is 14.4 Å². The molecular weight excluding hydrogens is 397 g/mol. The van der Waals surface area contributed by atoms with E-state index in [9.17, 15) is 23.2 Å². The third-order valence-corrected chi connectivity index (χ3v) is 4.54. The first-order valence-corrected chi connectivity index (χ1v) is 9.24. The van der Waals surface area contributed by atoms with E-state index in [4.69, 9.17) is 9.47 Å². The van der Waals surface area contributed by atoms with Crippen molar-refractivity contribution < 1.29 is 27.4 Å². The van der Waals surface area contributed by atoms with Crippen LogP contribution in [0.25, 0.3) is 11.6 Å². The number of rotatable bonds is 5. The van der Waals surface area contributed by atoms with Crippen LogP contribution in [0, 0.1) is 11.3 Å². The summed E-state index contributed by atoms with van der Waals surface area (Å²) in [4.78, 5) is 13.8. The van der Waals surface area contributed by atoms with Gasteiger partial charge in [0.25, 0.3) is 5.91 Å². The molecule has 1 aliphatic heterocycles. The molecular formula is C22H19F3N2O3. The maximum absolute atomic E-state index is 12.9. The number of carbonyl (C=O) groups is 1. The van der Waals surface area contributed by atoms with Crippen LogP contribution in [0.2, 0.25) is 0 Å². The van der Waals surface area contributed by atoms with Gasteiger partial charge in [-0.1, -0.05) is 24.3 Å². The lowest BCUT2D eigenvalue weighted by Crippen LogP contribution is -2.42. The van der Waals surface area contributed by atoms with E-state index in [1.807, 2.05) is 6.07 Å². The fraction of sp³-hybridized carbons (Fsp3) is 0.273. The van der Waals surface area contributed by atoms with Gasteiger partial charge in [-0.2, -0.15) is 18.4 Å². The molecule has 1 heterocycles. The van der Waals surface area contributed by atoms with Crippen LogP contribution in [0.1, 0.15) is 16.7 Å². The Hall–Kier alpha value is -3.31. The summed E-state index contributed by atoms with van der Waals surface area (Å²) in [6.45, 7) is 2.01. The van der Waals surface area contributed by atoms with Gasteiger partial charge in [-0.3, -0.25) is 4.79 Å². The SMILES string of the molecule is N#C/C(=C/c1ccc(OCC(=O)N2CCOCC2)cc1)c1cccc(C(F)(F)F)c1. The van der Waals surface area contributed by atoms with Crippen molar-refractivity contribution in [2.24, 2.45) is 0 Å². The van der Waals surface area contributed by atoms with Crippen LogP contribution >= 0.6 is 0 Å². The largest absolute Gasteiger partial charge is 0.484 e. The third-order valence-electron chi connectivity index (χ3n) is 4.54. The first kappa shape index (κ1) is 21.4. The molecule has 0 radical (unpaired) electrons. The first-order valence-electron chi connectivity index (χ1n) is 9.24. The summed E-state index contributed by atoms with van der Waals surface area (Å²) in [6, 6.07) is 13.2. The Kier molecular flexibility index (Phi) is 6.75. The molecule has 0 atom stereocenters. The van der Waals surface area contributed by atoms with Crippen LogP contribution in [-0.2, 0) is 15.7 Å². The topological polar surface area (TPSA) is 62.6 Å². The highest BCUT2D eigenvalue weighted by Gasteiger charge is 2.30. The van der Waals surface area contributed by atoms with Crippen molar-refractivity contribution >= 4 is 17.6 Å². The van der Waals surface area contributed by atoms with Crippen LogP contribution in [0.15, 0.2) is 48.5 Å². The molecule has 8 heteroatoms. The Morgan fingerprint density at radius 3 is 2.50 bits per heavy atom. The van der Waals surface area contributed by atoms with E-state index in [2.05, 4.69) is 0 Å². The van der Waals surface area contributed by atoms with Gasteiger partial charge in [0.2, 0.25) is 0 Å². The quantitative estimate of drug-likeness (QED) is 0.546. The smallest absolute Gasteiger partial charge is 0.416 e. The molecule has 0 bridgehead atoms. The lowest BCUT2D eigenvalue weighted by atomic mass is 10.0. The minimum atomic E-state index is -4.48. The van der Waals surface area contributed by atoms with Crippen molar-refractivity contribution in [1.82, 2.24) is 4.90 Å². The van der Waals surface area contributed by atoms with Gasteiger partial charge in [0.15, 0.2) is 6.61 Å². The fourth-order valence-corrected chi connectivity index (χ4v) is 2.92. The molecule has 0 unspecified atom stereocenters. The van der Waals surface area contributed by atoms with E-state index in [0.717, 1.165) is 12.1 Å². The Bertz CT molecular complexity index is 957. The van der Waals surface area contributed by atoms with Crippen molar-refractivity contribution in [2.75, 3.05) is 32.9 Å². The number of benzene rings is 2.